The fourth-order valence-electron chi connectivity index (χ4n) is 5.16. The van der Waals surface area contributed by atoms with Gasteiger partial charge in [-0.3, -0.25) is 9.59 Å². The monoisotopic (exact) mass is 440 g/mol. The molecule has 0 N–H and O–H groups in total. The third kappa shape index (κ3) is 3.30. The number of imide groups is 1. The number of hydrogen-bond acceptors (Lipinski definition) is 5. The molecule has 5 rings (SSSR count). The highest BCUT2D eigenvalue weighted by atomic mass is 16.5. The van der Waals surface area contributed by atoms with Gasteiger partial charge in [0.25, 0.3) is 0 Å². The third-order valence-electron chi connectivity index (χ3n) is 6.61. The Bertz CT molecular complexity index is 1190. The van der Waals surface area contributed by atoms with E-state index < -0.39 is 29.9 Å². The van der Waals surface area contributed by atoms with E-state index in [1.54, 1.807) is 12.1 Å². The summed E-state index contributed by atoms with van der Waals surface area (Å²) >= 11 is 0. The van der Waals surface area contributed by atoms with Gasteiger partial charge in [-0.2, -0.15) is 0 Å². The number of esters is 1. The molecule has 166 valence electrons. The molecule has 0 spiro atoms. The molecule has 0 aromatic heterocycles. The van der Waals surface area contributed by atoms with Crippen LogP contribution in [0.1, 0.15) is 17.2 Å². The van der Waals surface area contributed by atoms with E-state index in [1.807, 2.05) is 84.6 Å². The molecule has 33 heavy (non-hydrogen) atoms. The number of anilines is 2. The number of amides is 2. The van der Waals surface area contributed by atoms with Gasteiger partial charge in [-0.1, -0.05) is 66.2 Å². The molecule has 2 aliphatic heterocycles. The van der Waals surface area contributed by atoms with Gasteiger partial charge in [0.05, 0.1) is 30.7 Å². The molecule has 2 fully saturated rings. The molecule has 0 saturated carbocycles. The quantitative estimate of drug-likeness (QED) is 0.455. The van der Waals surface area contributed by atoms with Crippen LogP contribution in [0.25, 0.3) is 0 Å². The van der Waals surface area contributed by atoms with Gasteiger partial charge < -0.3 is 9.64 Å². The summed E-state index contributed by atoms with van der Waals surface area (Å²) < 4.78 is 5.16. The lowest BCUT2D eigenvalue weighted by Crippen LogP contribution is -2.46. The zero-order valence-corrected chi connectivity index (χ0v) is 18.4. The van der Waals surface area contributed by atoms with Crippen LogP contribution in [-0.4, -0.2) is 30.9 Å². The summed E-state index contributed by atoms with van der Waals surface area (Å²) in [6.45, 7) is 1.95. The van der Waals surface area contributed by atoms with E-state index in [9.17, 15) is 14.4 Å². The molecule has 0 radical (unpaired) electrons. The SMILES string of the molecule is COC(=O)[C@H]1[C@H]2C(=O)N(c3ccc(C)cc3)C(=O)[C@H]2[C@H](c2ccccc2)N1c1ccccc1. The Labute approximate surface area is 192 Å². The van der Waals surface area contributed by atoms with Crippen molar-refractivity contribution in [3.8, 4) is 0 Å². The first-order valence-electron chi connectivity index (χ1n) is 10.9. The standard InChI is InChI=1S/C27H24N2O4/c1-17-13-15-20(16-14-17)29-25(30)21-22(26(29)31)24(27(32)33-2)28(19-11-7-4-8-12-19)23(21)18-9-5-3-6-10-18/h3-16,21-24H,1-2H3/t21-,22+,23+,24-/m1/s1. The lowest BCUT2D eigenvalue weighted by atomic mass is 9.86. The molecule has 6 nitrogen and oxygen atoms in total. The van der Waals surface area contributed by atoms with Crippen molar-refractivity contribution in [3.63, 3.8) is 0 Å². The second-order valence-electron chi connectivity index (χ2n) is 8.47. The normalized spacial score (nSPS) is 24.2. The van der Waals surface area contributed by atoms with Gasteiger partial charge in [-0.05, 0) is 36.8 Å². The number of benzene rings is 3. The predicted molar refractivity (Wildman–Crippen MR) is 125 cm³/mol. The number of nitrogens with zero attached hydrogens (tertiary/aromatic N) is 2. The van der Waals surface area contributed by atoms with E-state index >= 15 is 0 Å². The fraction of sp³-hybridized carbons (Fsp3) is 0.222. The average molecular weight is 440 g/mol. The predicted octanol–water partition coefficient (Wildman–Crippen LogP) is 3.90. The van der Waals surface area contributed by atoms with Gasteiger partial charge in [0.15, 0.2) is 0 Å². The second-order valence-corrected chi connectivity index (χ2v) is 8.47. The molecule has 0 bridgehead atoms. The molecule has 2 aliphatic rings. The Kier molecular flexibility index (Phi) is 5.21. The first-order valence-corrected chi connectivity index (χ1v) is 10.9. The maximum Gasteiger partial charge on any atom is 0.329 e. The molecule has 2 heterocycles. The Morgan fingerprint density at radius 1 is 0.758 bits per heavy atom. The van der Waals surface area contributed by atoms with Gasteiger partial charge in [-0.15, -0.1) is 0 Å². The number of rotatable bonds is 4. The van der Waals surface area contributed by atoms with E-state index in [0.29, 0.717) is 5.69 Å². The smallest absolute Gasteiger partial charge is 0.329 e. The molecule has 2 saturated heterocycles. The van der Waals surface area contributed by atoms with Crippen molar-refractivity contribution in [1.29, 1.82) is 0 Å². The number of carbonyl (C=O) groups excluding carboxylic acids is 3. The topological polar surface area (TPSA) is 66.9 Å². The van der Waals surface area contributed by atoms with Gasteiger partial charge >= 0.3 is 5.97 Å². The minimum Gasteiger partial charge on any atom is -0.467 e. The summed E-state index contributed by atoms with van der Waals surface area (Å²) in [6, 6.07) is 24.9. The van der Waals surface area contributed by atoms with E-state index in [2.05, 4.69) is 0 Å². The second kappa shape index (κ2) is 8.20. The van der Waals surface area contributed by atoms with E-state index in [0.717, 1.165) is 16.8 Å². The first kappa shape index (κ1) is 20.9. The molecule has 0 aliphatic carbocycles. The van der Waals surface area contributed by atoms with Crippen molar-refractivity contribution in [2.75, 3.05) is 16.9 Å². The summed E-state index contributed by atoms with van der Waals surface area (Å²) in [4.78, 5) is 43.8. The molecule has 3 aromatic rings. The summed E-state index contributed by atoms with van der Waals surface area (Å²) in [5.74, 6) is -2.76. The van der Waals surface area contributed by atoms with Gasteiger partial charge in [0.1, 0.15) is 6.04 Å². The van der Waals surface area contributed by atoms with Crippen molar-refractivity contribution in [2.24, 2.45) is 11.8 Å². The van der Waals surface area contributed by atoms with Crippen molar-refractivity contribution in [2.45, 2.75) is 19.0 Å². The van der Waals surface area contributed by atoms with Crippen LogP contribution in [0.5, 0.6) is 0 Å². The van der Waals surface area contributed by atoms with Gasteiger partial charge in [-0.25, -0.2) is 9.69 Å². The van der Waals surface area contributed by atoms with E-state index in [1.165, 1.54) is 12.0 Å². The van der Waals surface area contributed by atoms with Crippen LogP contribution < -0.4 is 9.80 Å². The van der Waals surface area contributed by atoms with Crippen LogP contribution in [0.4, 0.5) is 11.4 Å². The maximum atomic E-state index is 13.8. The number of ether oxygens (including phenoxy) is 1. The highest BCUT2D eigenvalue weighted by Gasteiger charge is 2.65. The van der Waals surface area contributed by atoms with Crippen molar-refractivity contribution >= 4 is 29.2 Å². The van der Waals surface area contributed by atoms with Crippen molar-refractivity contribution in [1.82, 2.24) is 0 Å². The van der Waals surface area contributed by atoms with E-state index in [4.69, 9.17) is 4.74 Å². The number of carbonyl (C=O) groups is 3. The van der Waals surface area contributed by atoms with Crippen LogP contribution in [-0.2, 0) is 19.1 Å². The Morgan fingerprint density at radius 3 is 1.94 bits per heavy atom. The summed E-state index contributed by atoms with van der Waals surface area (Å²) in [6.07, 6.45) is 0. The minimum atomic E-state index is -0.917. The maximum absolute atomic E-state index is 13.8. The minimum absolute atomic E-state index is 0.296. The van der Waals surface area contributed by atoms with Crippen molar-refractivity contribution in [3.05, 3.63) is 96.1 Å². The van der Waals surface area contributed by atoms with Gasteiger partial charge in [0.2, 0.25) is 11.8 Å². The Morgan fingerprint density at radius 2 is 1.33 bits per heavy atom. The number of aryl methyl sites for hydroxylation is 1. The fourth-order valence-corrected chi connectivity index (χ4v) is 5.16. The first-order chi connectivity index (χ1) is 16.0. The average Bonchev–Trinajstić information content (AvgIpc) is 3.33. The van der Waals surface area contributed by atoms with Crippen molar-refractivity contribution < 1.29 is 19.1 Å². The zero-order valence-electron chi connectivity index (χ0n) is 18.4. The zero-order chi connectivity index (χ0) is 23.1. The van der Waals surface area contributed by atoms with Crippen LogP contribution in [0.15, 0.2) is 84.9 Å². The number of fused-ring (bicyclic) bond motifs is 1. The summed E-state index contributed by atoms with van der Waals surface area (Å²) in [7, 11) is 1.31. The highest BCUT2D eigenvalue weighted by Crippen LogP contribution is 2.52. The third-order valence-corrected chi connectivity index (χ3v) is 6.61. The van der Waals surface area contributed by atoms with Crippen LogP contribution >= 0.6 is 0 Å². The van der Waals surface area contributed by atoms with Crippen LogP contribution in [0.2, 0.25) is 0 Å². The molecule has 2 amide bonds. The molecule has 3 aromatic carbocycles. The lowest BCUT2D eigenvalue weighted by Gasteiger charge is -2.34. The Hall–Kier alpha value is -3.93. The number of methoxy groups -OCH3 is 1. The highest BCUT2D eigenvalue weighted by molar-refractivity contribution is 6.24. The summed E-state index contributed by atoms with van der Waals surface area (Å²) in [5.41, 5.74) is 3.18. The van der Waals surface area contributed by atoms with Crippen LogP contribution in [0.3, 0.4) is 0 Å². The molecule has 0 unspecified atom stereocenters. The van der Waals surface area contributed by atoms with Crippen LogP contribution in [0, 0.1) is 18.8 Å². The molecule has 6 heteroatoms. The molecule has 4 atom stereocenters. The largest absolute Gasteiger partial charge is 0.467 e. The molecular formula is C27H24N2O4. The van der Waals surface area contributed by atoms with E-state index in [-0.39, 0.29) is 11.8 Å². The number of hydrogen-bond donors (Lipinski definition) is 0. The van der Waals surface area contributed by atoms with Gasteiger partial charge in [0, 0.05) is 5.69 Å². The number of para-hydroxylation sites is 1. The Balaban J connectivity index is 1.69. The summed E-state index contributed by atoms with van der Waals surface area (Å²) in [5, 5.41) is 0. The lowest BCUT2D eigenvalue weighted by molar-refractivity contribution is -0.144. The molecular weight excluding hydrogens is 416 g/mol.